The third-order valence-electron chi connectivity index (χ3n) is 4.17. The Balaban J connectivity index is 1.49. The van der Waals surface area contributed by atoms with Gasteiger partial charge in [0.25, 0.3) is 5.76 Å². The van der Waals surface area contributed by atoms with Crippen molar-refractivity contribution in [2.45, 2.75) is 17.1 Å². The molecule has 1 amide bonds. The molecule has 0 unspecified atom stereocenters. The Morgan fingerprint density at radius 3 is 2.46 bits per heavy atom. The first-order valence-corrected chi connectivity index (χ1v) is 9.29. The molecule has 1 N–H and O–H groups in total. The van der Waals surface area contributed by atoms with E-state index >= 15 is 0 Å². The van der Waals surface area contributed by atoms with Gasteiger partial charge in [-0.3, -0.25) is 9.69 Å². The third-order valence-corrected chi connectivity index (χ3v) is 4.89. The van der Waals surface area contributed by atoms with Crippen molar-refractivity contribution < 1.29 is 13.6 Å². The van der Waals surface area contributed by atoms with Crippen molar-refractivity contribution in [1.82, 2.24) is 4.90 Å². The van der Waals surface area contributed by atoms with Gasteiger partial charge in [-0.1, -0.05) is 48.2 Å². The van der Waals surface area contributed by atoms with Crippen LogP contribution in [-0.2, 0) is 4.79 Å². The predicted octanol–water partition coefficient (Wildman–Crippen LogP) is 4.73. The number of anilines is 1. The molecule has 2 aromatic carbocycles. The number of halogens is 2. The fourth-order valence-corrected chi connectivity index (χ4v) is 3.39. The number of carbonyl (C=O) groups is 1. The lowest BCUT2D eigenvalue weighted by atomic mass is 10.00. The van der Waals surface area contributed by atoms with Crippen molar-refractivity contribution in [2.75, 3.05) is 25.0 Å². The van der Waals surface area contributed by atoms with Crippen LogP contribution in [-0.4, -0.2) is 36.2 Å². The highest BCUT2D eigenvalue weighted by molar-refractivity contribution is 7.99. The summed E-state index contributed by atoms with van der Waals surface area (Å²) in [4.78, 5) is 14.8. The van der Waals surface area contributed by atoms with E-state index in [0.717, 1.165) is 19.5 Å². The van der Waals surface area contributed by atoms with Crippen molar-refractivity contribution in [1.29, 1.82) is 0 Å². The molecule has 0 saturated carbocycles. The fraction of sp³-hybridized carbons (Fsp3) is 0.250. The summed E-state index contributed by atoms with van der Waals surface area (Å²) in [6, 6.07) is 16.7. The van der Waals surface area contributed by atoms with Gasteiger partial charge >= 0.3 is 0 Å². The van der Waals surface area contributed by atoms with Gasteiger partial charge in [0, 0.05) is 23.7 Å². The van der Waals surface area contributed by atoms with E-state index in [1.165, 1.54) is 11.1 Å². The van der Waals surface area contributed by atoms with Gasteiger partial charge in [-0.2, -0.15) is 8.78 Å². The molecule has 1 aliphatic heterocycles. The first kappa shape index (κ1) is 18.6. The Morgan fingerprint density at radius 1 is 1.12 bits per heavy atom. The molecule has 0 aromatic heterocycles. The Kier molecular flexibility index (Phi) is 6.41. The lowest BCUT2D eigenvalue weighted by Gasteiger charge is -2.25. The highest BCUT2D eigenvalue weighted by atomic mass is 32.2. The number of rotatable bonds is 6. The van der Waals surface area contributed by atoms with Gasteiger partial charge < -0.3 is 5.32 Å². The monoisotopic (exact) mass is 374 g/mol. The molecule has 0 spiro atoms. The highest BCUT2D eigenvalue weighted by Crippen LogP contribution is 2.26. The molecule has 3 nitrogen and oxygen atoms in total. The summed E-state index contributed by atoms with van der Waals surface area (Å²) >= 11 is 0.492. The molecule has 0 aliphatic carbocycles. The minimum Gasteiger partial charge on any atom is -0.325 e. The minimum absolute atomic E-state index is 0.101. The van der Waals surface area contributed by atoms with E-state index in [9.17, 15) is 13.6 Å². The number of amides is 1. The van der Waals surface area contributed by atoms with Crippen LogP contribution in [0, 0.1) is 0 Å². The number of thioether (sulfide) groups is 1. The summed E-state index contributed by atoms with van der Waals surface area (Å²) in [5.74, 6) is -2.54. The molecule has 1 heterocycles. The summed E-state index contributed by atoms with van der Waals surface area (Å²) in [7, 11) is 0. The lowest BCUT2D eigenvalue weighted by molar-refractivity contribution is -0.117. The summed E-state index contributed by atoms with van der Waals surface area (Å²) in [5, 5.41) is 2.81. The zero-order valence-corrected chi connectivity index (χ0v) is 15.0. The van der Waals surface area contributed by atoms with Crippen LogP contribution in [0.3, 0.4) is 0 Å². The van der Waals surface area contributed by atoms with Gasteiger partial charge in [0.05, 0.1) is 6.54 Å². The third kappa shape index (κ3) is 5.41. The number of benzene rings is 2. The molecule has 0 atom stereocenters. The van der Waals surface area contributed by atoms with E-state index < -0.39 is 5.76 Å². The summed E-state index contributed by atoms with van der Waals surface area (Å²) < 4.78 is 24.6. The van der Waals surface area contributed by atoms with Crippen molar-refractivity contribution >= 4 is 28.9 Å². The number of alkyl halides is 2. The van der Waals surface area contributed by atoms with Crippen LogP contribution in [0.2, 0.25) is 0 Å². The van der Waals surface area contributed by atoms with Crippen LogP contribution in [0.5, 0.6) is 0 Å². The largest absolute Gasteiger partial charge is 0.325 e. The second kappa shape index (κ2) is 8.96. The fourth-order valence-electron chi connectivity index (χ4n) is 2.89. The smallest absolute Gasteiger partial charge is 0.288 e. The van der Waals surface area contributed by atoms with Gasteiger partial charge in [0.2, 0.25) is 5.91 Å². The molecule has 6 heteroatoms. The summed E-state index contributed by atoms with van der Waals surface area (Å²) in [5.41, 5.74) is 3.17. The second-order valence-electron chi connectivity index (χ2n) is 6.03. The minimum atomic E-state index is -2.44. The molecule has 1 aliphatic rings. The maximum Gasteiger partial charge on any atom is 0.288 e. The van der Waals surface area contributed by atoms with Crippen LogP contribution < -0.4 is 5.32 Å². The maximum atomic E-state index is 12.3. The number of nitrogens with one attached hydrogen (secondary N) is 1. The summed E-state index contributed by atoms with van der Waals surface area (Å²) in [6.07, 6.45) is 3.08. The number of hydrogen-bond donors (Lipinski definition) is 1. The maximum absolute atomic E-state index is 12.3. The Bertz CT molecular complexity index is 763. The van der Waals surface area contributed by atoms with Gasteiger partial charge in [-0.15, -0.1) is 0 Å². The van der Waals surface area contributed by atoms with Crippen LogP contribution in [0.15, 0.2) is 65.6 Å². The van der Waals surface area contributed by atoms with Gasteiger partial charge in [-0.25, -0.2) is 0 Å². The molecule has 136 valence electrons. The van der Waals surface area contributed by atoms with Crippen molar-refractivity contribution in [2.24, 2.45) is 0 Å². The Morgan fingerprint density at radius 2 is 1.85 bits per heavy atom. The first-order chi connectivity index (χ1) is 12.6. The molecular formula is C20H20F2N2OS. The van der Waals surface area contributed by atoms with Crippen molar-refractivity contribution in [3.63, 3.8) is 0 Å². The van der Waals surface area contributed by atoms with Crippen LogP contribution >= 0.6 is 11.8 Å². The number of carbonyl (C=O) groups excluding carboxylic acids is 1. The average molecular weight is 374 g/mol. The summed E-state index contributed by atoms with van der Waals surface area (Å²) in [6.45, 7) is 1.88. The Hall–Kier alpha value is -2.18. The Labute approximate surface area is 156 Å². The average Bonchev–Trinajstić information content (AvgIpc) is 2.64. The lowest BCUT2D eigenvalue weighted by Crippen LogP contribution is -2.36. The molecule has 0 radical (unpaired) electrons. The quantitative estimate of drug-likeness (QED) is 0.742. The van der Waals surface area contributed by atoms with Crippen LogP contribution in [0.4, 0.5) is 14.5 Å². The molecule has 26 heavy (non-hydrogen) atoms. The normalized spacial score (nSPS) is 15.0. The van der Waals surface area contributed by atoms with Gasteiger partial charge in [-0.05, 0) is 41.8 Å². The molecule has 0 fully saturated rings. The van der Waals surface area contributed by atoms with E-state index in [2.05, 4.69) is 28.4 Å². The SMILES string of the molecule is O=C(CN1CC=C(c2ccccc2)CC1)Nc1ccc(SC(F)F)cc1. The van der Waals surface area contributed by atoms with E-state index in [-0.39, 0.29) is 5.91 Å². The van der Waals surface area contributed by atoms with Crippen molar-refractivity contribution in [3.8, 4) is 0 Å². The van der Waals surface area contributed by atoms with E-state index in [1.54, 1.807) is 24.3 Å². The topological polar surface area (TPSA) is 32.3 Å². The number of hydrogen-bond acceptors (Lipinski definition) is 3. The molecule has 0 bridgehead atoms. The van der Waals surface area contributed by atoms with Gasteiger partial charge in [0.15, 0.2) is 0 Å². The van der Waals surface area contributed by atoms with E-state index in [0.29, 0.717) is 28.9 Å². The molecule has 0 saturated heterocycles. The van der Waals surface area contributed by atoms with Crippen molar-refractivity contribution in [3.05, 3.63) is 66.2 Å². The highest BCUT2D eigenvalue weighted by Gasteiger charge is 2.15. The van der Waals surface area contributed by atoms with E-state index in [1.807, 2.05) is 18.2 Å². The standard InChI is InChI=1S/C20H20F2N2OS/c21-20(22)26-18-8-6-17(7-9-18)23-19(25)14-24-12-10-16(11-13-24)15-4-2-1-3-5-15/h1-10,20H,11-14H2,(H,23,25). The zero-order valence-electron chi connectivity index (χ0n) is 14.2. The van der Waals surface area contributed by atoms with E-state index in [4.69, 9.17) is 0 Å². The predicted molar refractivity (Wildman–Crippen MR) is 102 cm³/mol. The van der Waals surface area contributed by atoms with Crippen LogP contribution in [0.25, 0.3) is 5.57 Å². The molecule has 2 aromatic rings. The first-order valence-electron chi connectivity index (χ1n) is 8.42. The zero-order chi connectivity index (χ0) is 18.4. The second-order valence-corrected chi connectivity index (χ2v) is 7.10. The molecular weight excluding hydrogens is 354 g/mol. The van der Waals surface area contributed by atoms with Gasteiger partial charge in [0.1, 0.15) is 0 Å². The molecule has 3 rings (SSSR count). The number of nitrogens with zero attached hydrogens (tertiary/aromatic N) is 1. The van der Waals surface area contributed by atoms with Crippen LogP contribution in [0.1, 0.15) is 12.0 Å².